The number of benzene rings is 3. The Bertz CT molecular complexity index is 1340. The van der Waals surface area contributed by atoms with E-state index in [1.54, 1.807) is 19.1 Å². The summed E-state index contributed by atoms with van der Waals surface area (Å²) in [6, 6.07) is 20.7. The molecule has 4 aromatic rings. The van der Waals surface area contributed by atoms with Gasteiger partial charge in [-0.15, -0.1) is 0 Å². The SMILES string of the molecule is CCOC(=O)c1cc(C#Cc2ccc(OCC)cc2)c2oc(-c3ccc(OCC)cc3)cc2c1. The number of hydrogen-bond acceptors (Lipinski definition) is 5. The first-order valence-corrected chi connectivity index (χ1v) is 11.3. The molecule has 4 rings (SSSR count). The molecule has 0 aliphatic rings. The van der Waals surface area contributed by atoms with Crippen LogP contribution in [0.3, 0.4) is 0 Å². The van der Waals surface area contributed by atoms with Gasteiger partial charge in [0.2, 0.25) is 0 Å². The first-order chi connectivity index (χ1) is 16.6. The molecule has 1 heterocycles. The van der Waals surface area contributed by atoms with Gasteiger partial charge in [0, 0.05) is 16.5 Å². The maximum absolute atomic E-state index is 12.5. The van der Waals surface area contributed by atoms with E-state index >= 15 is 0 Å². The second kappa shape index (κ2) is 10.6. The van der Waals surface area contributed by atoms with Crippen LogP contribution in [0.4, 0.5) is 0 Å². The Morgan fingerprint density at radius 3 is 2.06 bits per heavy atom. The highest BCUT2D eigenvalue weighted by Crippen LogP contribution is 2.32. The zero-order valence-electron chi connectivity index (χ0n) is 19.5. The molecule has 0 aliphatic carbocycles. The Labute approximate surface area is 199 Å². The fourth-order valence-electron chi connectivity index (χ4n) is 3.54. The Morgan fingerprint density at radius 2 is 1.44 bits per heavy atom. The smallest absolute Gasteiger partial charge is 0.338 e. The van der Waals surface area contributed by atoms with E-state index in [1.807, 2.05) is 68.4 Å². The molecule has 5 nitrogen and oxygen atoms in total. The molecule has 3 aromatic carbocycles. The van der Waals surface area contributed by atoms with Crippen LogP contribution in [-0.4, -0.2) is 25.8 Å². The highest BCUT2D eigenvalue weighted by Gasteiger charge is 2.15. The van der Waals surface area contributed by atoms with Crippen molar-refractivity contribution >= 4 is 16.9 Å². The Hall–Kier alpha value is -4.17. The van der Waals surface area contributed by atoms with E-state index in [4.69, 9.17) is 18.6 Å². The van der Waals surface area contributed by atoms with Crippen molar-refractivity contribution in [3.05, 3.63) is 83.4 Å². The average Bonchev–Trinajstić information content (AvgIpc) is 3.29. The van der Waals surface area contributed by atoms with Crippen LogP contribution in [0.5, 0.6) is 11.5 Å². The molecule has 1 aromatic heterocycles. The summed E-state index contributed by atoms with van der Waals surface area (Å²) in [7, 11) is 0. The van der Waals surface area contributed by atoms with Gasteiger partial charge in [-0.3, -0.25) is 0 Å². The van der Waals surface area contributed by atoms with Crippen molar-refractivity contribution in [2.24, 2.45) is 0 Å². The number of esters is 1. The maximum Gasteiger partial charge on any atom is 0.338 e. The second-order valence-electron chi connectivity index (χ2n) is 7.44. The van der Waals surface area contributed by atoms with Crippen molar-refractivity contribution in [1.29, 1.82) is 0 Å². The quantitative estimate of drug-likeness (QED) is 0.236. The standard InChI is InChI=1S/C29H26O5/c1-4-31-25-13-8-20(9-14-25)7-10-22-17-24(29(30)33-6-3)18-23-19-27(34-28(22)23)21-11-15-26(16-12-21)32-5-2/h8-9,11-19H,4-6H2,1-3H3. The molecule has 0 aliphatic heterocycles. The molecule has 0 fully saturated rings. The van der Waals surface area contributed by atoms with E-state index in [1.165, 1.54) is 0 Å². The molecule has 0 unspecified atom stereocenters. The monoisotopic (exact) mass is 454 g/mol. The molecule has 0 saturated heterocycles. The number of fused-ring (bicyclic) bond motifs is 1. The van der Waals surface area contributed by atoms with E-state index in [0.717, 1.165) is 28.0 Å². The largest absolute Gasteiger partial charge is 0.494 e. The van der Waals surface area contributed by atoms with Crippen LogP contribution in [0.15, 0.2) is 71.1 Å². The number of hydrogen-bond donors (Lipinski definition) is 0. The van der Waals surface area contributed by atoms with Gasteiger partial charge < -0.3 is 18.6 Å². The van der Waals surface area contributed by atoms with Crippen molar-refractivity contribution in [1.82, 2.24) is 0 Å². The lowest BCUT2D eigenvalue weighted by molar-refractivity contribution is 0.0526. The maximum atomic E-state index is 12.5. The highest BCUT2D eigenvalue weighted by atomic mass is 16.5. The van der Waals surface area contributed by atoms with Crippen LogP contribution in [0.2, 0.25) is 0 Å². The van der Waals surface area contributed by atoms with Crippen molar-refractivity contribution < 1.29 is 23.4 Å². The van der Waals surface area contributed by atoms with E-state index in [-0.39, 0.29) is 0 Å². The van der Waals surface area contributed by atoms with Crippen molar-refractivity contribution in [3.63, 3.8) is 0 Å². The first kappa shape index (κ1) is 23.0. The summed E-state index contributed by atoms with van der Waals surface area (Å²) in [5, 5.41) is 0.783. The van der Waals surface area contributed by atoms with Crippen LogP contribution >= 0.6 is 0 Å². The molecule has 0 N–H and O–H groups in total. The third-order valence-corrected chi connectivity index (χ3v) is 5.08. The van der Waals surface area contributed by atoms with Gasteiger partial charge in [-0.1, -0.05) is 11.8 Å². The minimum atomic E-state index is -0.391. The molecular weight excluding hydrogens is 428 g/mol. The van der Waals surface area contributed by atoms with Crippen molar-refractivity contribution in [2.45, 2.75) is 20.8 Å². The Balaban J connectivity index is 1.75. The van der Waals surface area contributed by atoms with Crippen LogP contribution in [0, 0.1) is 11.8 Å². The van der Waals surface area contributed by atoms with Gasteiger partial charge in [-0.2, -0.15) is 0 Å². The molecule has 5 heteroatoms. The predicted molar refractivity (Wildman–Crippen MR) is 132 cm³/mol. The van der Waals surface area contributed by atoms with Gasteiger partial charge in [0.15, 0.2) is 0 Å². The van der Waals surface area contributed by atoms with Crippen LogP contribution in [-0.2, 0) is 4.74 Å². The van der Waals surface area contributed by atoms with Crippen LogP contribution < -0.4 is 9.47 Å². The zero-order chi connectivity index (χ0) is 23.9. The summed E-state index contributed by atoms with van der Waals surface area (Å²) in [4.78, 5) is 12.5. The summed E-state index contributed by atoms with van der Waals surface area (Å²) in [6.07, 6.45) is 0. The molecule has 0 amide bonds. The first-order valence-electron chi connectivity index (χ1n) is 11.3. The third kappa shape index (κ3) is 5.24. The number of carbonyl (C=O) groups excluding carboxylic acids is 1. The van der Waals surface area contributed by atoms with Gasteiger partial charge in [0.1, 0.15) is 22.8 Å². The van der Waals surface area contributed by atoms with Gasteiger partial charge in [0.05, 0.1) is 30.9 Å². The molecule has 0 saturated carbocycles. The molecule has 0 radical (unpaired) electrons. The fraction of sp³-hybridized carbons (Fsp3) is 0.207. The normalized spacial score (nSPS) is 10.4. The lowest BCUT2D eigenvalue weighted by Gasteiger charge is -2.03. The van der Waals surface area contributed by atoms with E-state index in [9.17, 15) is 4.79 Å². The summed E-state index contributed by atoms with van der Waals surface area (Å²) in [5.74, 6) is 8.22. The minimum absolute atomic E-state index is 0.298. The van der Waals surface area contributed by atoms with Gasteiger partial charge in [-0.05, 0) is 87.5 Å². The molecule has 0 atom stereocenters. The fourth-order valence-corrected chi connectivity index (χ4v) is 3.54. The lowest BCUT2D eigenvalue weighted by Crippen LogP contribution is -2.04. The highest BCUT2D eigenvalue weighted by molar-refractivity contribution is 5.97. The van der Waals surface area contributed by atoms with E-state index in [0.29, 0.717) is 42.3 Å². The van der Waals surface area contributed by atoms with Crippen molar-refractivity contribution in [2.75, 3.05) is 19.8 Å². The van der Waals surface area contributed by atoms with E-state index < -0.39 is 5.97 Å². The van der Waals surface area contributed by atoms with Gasteiger partial charge >= 0.3 is 5.97 Å². The average molecular weight is 455 g/mol. The summed E-state index contributed by atoms with van der Waals surface area (Å²) < 4.78 is 22.4. The molecule has 34 heavy (non-hydrogen) atoms. The molecule has 0 spiro atoms. The Morgan fingerprint density at radius 1 is 0.794 bits per heavy atom. The van der Waals surface area contributed by atoms with Gasteiger partial charge in [0.25, 0.3) is 0 Å². The summed E-state index contributed by atoms with van der Waals surface area (Å²) in [6.45, 7) is 7.19. The number of furan rings is 1. The van der Waals surface area contributed by atoms with Crippen molar-refractivity contribution in [3.8, 4) is 34.7 Å². The minimum Gasteiger partial charge on any atom is -0.494 e. The van der Waals surface area contributed by atoms with E-state index in [2.05, 4.69) is 11.8 Å². The number of rotatable bonds is 7. The van der Waals surface area contributed by atoms with Gasteiger partial charge in [-0.25, -0.2) is 4.79 Å². The van der Waals surface area contributed by atoms with Crippen LogP contribution in [0.1, 0.15) is 42.3 Å². The second-order valence-corrected chi connectivity index (χ2v) is 7.44. The summed E-state index contributed by atoms with van der Waals surface area (Å²) in [5.41, 5.74) is 3.41. The topological polar surface area (TPSA) is 57.9 Å². The summed E-state index contributed by atoms with van der Waals surface area (Å²) >= 11 is 0. The third-order valence-electron chi connectivity index (χ3n) is 5.08. The zero-order valence-corrected chi connectivity index (χ0v) is 19.5. The number of ether oxygens (including phenoxy) is 3. The lowest BCUT2D eigenvalue weighted by atomic mass is 10.1. The molecule has 0 bridgehead atoms. The molecule has 172 valence electrons. The predicted octanol–water partition coefficient (Wildman–Crippen LogP) is 6.47. The van der Waals surface area contributed by atoms with Crippen LogP contribution in [0.25, 0.3) is 22.3 Å². The number of carbonyl (C=O) groups is 1. The Kier molecular flexibility index (Phi) is 7.19. The molecular formula is C29H26O5.